The molecular formula is C20H21N5OS2. The third kappa shape index (κ3) is 5.21. The smallest absolute Gasteiger partial charge is 0.240 e. The van der Waals surface area contributed by atoms with Gasteiger partial charge in [0, 0.05) is 23.5 Å². The Bertz CT molecular complexity index is 944. The van der Waals surface area contributed by atoms with Crippen molar-refractivity contribution in [2.24, 2.45) is 0 Å². The van der Waals surface area contributed by atoms with E-state index in [1.807, 2.05) is 49.6 Å². The molecule has 0 saturated carbocycles. The summed E-state index contributed by atoms with van der Waals surface area (Å²) in [6.45, 7) is 4.21. The van der Waals surface area contributed by atoms with Gasteiger partial charge >= 0.3 is 0 Å². The lowest BCUT2D eigenvalue weighted by Crippen LogP contribution is -2.37. The molecule has 1 N–H and O–H groups in total. The summed E-state index contributed by atoms with van der Waals surface area (Å²) in [6, 6.07) is 13.9. The Morgan fingerprint density at radius 2 is 2.14 bits per heavy atom. The number of amides is 1. The van der Waals surface area contributed by atoms with E-state index in [1.165, 1.54) is 16.6 Å². The van der Waals surface area contributed by atoms with Crippen molar-refractivity contribution in [1.82, 2.24) is 15.2 Å². The highest BCUT2D eigenvalue weighted by molar-refractivity contribution is 8.00. The van der Waals surface area contributed by atoms with E-state index in [0.29, 0.717) is 18.1 Å². The first kappa shape index (κ1) is 20.1. The van der Waals surface area contributed by atoms with Crippen molar-refractivity contribution >= 4 is 34.7 Å². The van der Waals surface area contributed by atoms with Crippen LogP contribution in [0, 0.1) is 18.3 Å². The van der Waals surface area contributed by atoms with Gasteiger partial charge in [0.2, 0.25) is 11.1 Å². The van der Waals surface area contributed by atoms with E-state index >= 15 is 0 Å². The average Bonchev–Trinajstić information content (AvgIpc) is 3.35. The van der Waals surface area contributed by atoms with E-state index in [2.05, 4.69) is 27.3 Å². The van der Waals surface area contributed by atoms with Crippen molar-refractivity contribution in [2.45, 2.75) is 37.1 Å². The minimum Gasteiger partial charge on any atom is -0.310 e. The SMILES string of the molecule is Cc1ccc(N(CCC#N)C(=O)C(C)Sc2n[nH]c(Cc3cccs3)n2)cc1. The quantitative estimate of drug-likeness (QED) is 0.562. The lowest BCUT2D eigenvalue weighted by atomic mass is 10.2. The maximum absolute atomic E-state index is 13.0. The van der Waals surface area contributed by atoms with Crippen LogP contribution in [0.15, 0.2) is 46.9 Å². The molecule has 8 heteroatoms. The van der Waals surface area contributed by atoms with Crippen LogP contribution >= 0.6 is 23.1 Å². The molecule has 144 valence electrons. The van der Waals surface area contributed by atoms with E-state index in [9.17, 15) is 4.79 Å². The van der Waals surface area contributed by atoms with Crippen LogP contribution in [0.25, 0.3) is 0 Å². The second-order valence-corrected chi connectivity index (χ2v) is 8.65. The number of rotatable bonds is 8. The fraction of sp³-hybridized carbons (Fsp3) is 0.300. The Labute approximate surface area is 172 Å². The fourth-order valence-electron chi connectivity index (χ4n) is 2.67. The van der Waals surface area contributed by atoms with Gasteiger partial charge in [-0.1, -0.05) is 35.5 Å². The molecule has 28 heavy (non-hydrogen) atoms. The van der Waals surface area contributed by atoms with Gasteiger partial charge in [-0.2, -0.15) is 5.26 Å². The summed E-state index contributed by atoms with van der Waals surface area (Å²) < 4.78 is 0. The molecule has 1 aromatic carbocycles. The van der Waals surface area contributed by atoms with Gasteiger partial charge in [-0.25, -0.2) is 4.98 Å². The molecule has 3 aromatic rings. The maximum atomic E-state index is 13.0. The zero-order valence-electron chi connectivity index (χ0n) is 15.8. The number of aromatic amines is 1. The van der Waals surface area contributed by atoms with Crippen molar-refractivity contribution in [3.63, 3.8) is 0 Å². The van der Waals surface area contributed by atoms with E-state index < -0.39 is 0 Å². The molecule has 3 rings (SSSR count). The number of anilines is 1. The molecule has 0 spiro atoms. The summed E-state index contributed by atoms with van der Waals surface area (Å²) in [5.74, 6) is 0.721. The number of aromatic nitrogens is 3. The Balaban J connectivity index is 1.68. The summed E-state index contributed by atoms with van der Waals surface area (Å²) in [5.41, 5.74) is 1.92. The lowest BCUT2D eigenvalue weighted by Gasteiger charge is -2.24. The number of hydrogen-bond acceptors (Lipinski definition) is 6. The third-order valence-corrected chi connectivity index (χ3v) is 5.95. The molecule has 1 unspecified atom stereocenters. The van der Waals surface area contributed by atoms with Gasteiger partial charge in [0.25, 0.3) is 0 Å². The highest BCUT2D eigenvalue weighted by atomic mass is 32.2. The predicted molar refractivity (Wildman–Crippen MR) is 113 cm³/mol. The molecule has 6 nitrogen and oxygen atoms in total. The first-order chi connectivity index (χ1) is 13.6. The van der Waals surface area contributed by atoms with Crippen molar-refractivity contribution < 1.29 is 4.79 Å². The largest absolute Gasteiger partial charge is 0.310 e. The number of H-pyrrole nitrogens is 1. The van der Waals surface area contributed by atoms with Crippen LogP contribution in [-0.4, -0.2) is 32.9 Å². The molecule has 2 heterocycles. The van der Waals surface area contributed by atoms with Gasteiger partial charge < -0.3 is 4.90 Å². The second-order valence-electron chi connectivity index (χ2n) is 6.31. The zero-order valence-corrected chi connectivity index (χ0v) is 17.4. The number of carbonyl (C=O) groups excluding carboxylic acids is 1. The van der Waals surface area contributed by atoms with Gasteiger partial charge in [-0.05, 0) is 37.4 Å². The first-order valence-electron chi connectivity index (χ1n) is 8.92. The molecule has 0 bridgehead atoms. The fourth-order valence-corrected chi connectivity index (χ4v) is 4.18. The zero-order chi connectivity index (χ0) is 19.9. The lowest BCUT2D eigenvalue weighted by molar-refractivity contribution is -0.117. The normalized spacial score (nSPS) is 11.8. The van der Waals surface area contributed by atoms with E-state index in [-0.39, 0.29) is 17.6 Å². The standard InChI is InChI=1S/C20H21N5OS2/c1-14-6-8-16(9-7-14)25(11-4-10-21)19(26)15(2)28-20-22-18(23-24-20)13-17-5-3-12-27-17/h3,5-9,12,15H,4,11,13H2,1-2H3,(H,22,23,24). The summed E-state index contributed by atoms with van der Waals surface area (Å²) >= 11 is 2.99. The molecule has 1 amide bonds. The van der Waals surface area contributed by atoms with Crippen LogP contribution < -0.4 is 4.90 Å². The number of nitriles is 1. The summed E-state index contributed by atoms with van der Waals surface area (Å²) in [6.07, 6.45) is 0.980. The molecule has 0 saturated heterocycles. The highest BCUT2D eigenvalue weighted by Gasteiger charge is 2.24. The number of thioether (sulfide) groups is 1. The Kier molecular flexibility index (Phi) is 6.85. The molecule has 0 aliphatic rings. The number of thiophene rings is 1. The number of nitrogens with one attached hydrogen (secondary N) is 1. The number of nitrogens with zero attached hydrogens (tertiary/aromatic N) is 4. The Morgan fingerprint density at radius 3 is 2.82 bits per heavy atom. The average molecular weight is 412 g/mol. The van der Waals surface area contributed by atoms with Gasteiger partial charge in [0.15, 0.2) is 0 Å². The monoisotopic (exact) mass is 411 g/mol. The van der Waals surface area contributed by atoms with E-state index in [4.69, 9.17) is 5.26 Å². The summed E-state index contributed by atoms with van der Waals surface area (Å²) in [4.78, 5) is 20.4. The number of hydrogen-bond donors (Lipinski definition) is 1. The van der Waals surface area contributed by atoms with Crippen LogP contribution in [0.4, 0.5) is 5.69 Å². The van der Waals surface area contributed by atoms with Crippen LogP contribution in [0.2, 0.25) is 0 Å². The van der Waals surface area contributed by atoms with Gasteiger partial charge in [0.1, 0.15) is 5.82 Å². The molecule has 2 aromatic heterocycles. The van der Waals surface area contributed by atoms with Crippen LogP contribution in [-0.2, 0) is 11.2 Å². The van der Waals surface area contributed by atoms with Gasteiger partial charge in [-0.15, -0.1) is 16.4 Å². The number of carbonyl (C=O) groups is 1. The van der Waals surface area contributed by atoms with E-state index in [1.54, 1.807) is 16.2 Å². The minimum absolute atomic E-state index is 0.0614. The van der Waals surface area contributed by atoms with Crippen molar-refractivity contribution in [3.05, 3.63) is 58.0 Å². The second kappa shape index (κ2) is 9.53. The third-order valence-electron chi connectivity index (χ3n) is 4.12. The van der Waals surface area contributed by atoms with Crippen molar-refractivity contribution in [2.75, 3.05) is 11.4 Å². The molecule has 0 radical (unpaired) electrons. The Hall–Kier alpha value is -2.63. The van der Waals surface area contributed by atoms with Crippen molar-refractivity contribution in [1.29, 1.82) is 5.26 Å². The van der Waals surface area contributed by atoms with Gasteiger partial charge in [0.05, 0.1) is 17.7 Å². The van der Waals surface area contributed by atoms with Crippen molar-refractivity contribution in [3.8, 4) is 6.07 Å². The predicted octanol–water partition coefficient (Wildman–Crippen LogP) is 4.19. The van der Waals surface area contributed by atoms with Crippen LogP contribution in [0.5, 0.6) is 0 Å². The van der Waals surface area contributed by atoms with E-state index in [0.717, 1.165) is 17.1 Å². The van der Waals surface area contributed by atoms with Gasteiger partial charge in [-0.3, -0.25) is 9.89 Å². The Morgan fingerprint density at radius 1 is 1.36 bits per heavy atom. The minimum atomic E-state index is -0.370. The molecule has 0 aliphatic heterocycles. The summed E-state index contributed by atoms with van der Waals surface area (Å²) in [7, 11) is 0. The highest BCUT2D eigenvalue weighted by Crippen LogP contribution is 2.25. The first-order valence-corrected chi connectivity index (χ1v) is 10.7. The topological polar surface area (TPSA) is 85.7 Å². The molecular weight excluding hydrogens is 390 g/mol. The summed E-state index contributed by atoms with van der Waals surface area (Å²) in [5, 5.41) is 18.3. The van der Waals surface area contributed by atoms with Crippen LogP contribution in [0.1, 0.15) is 29.6 Å². The molecule has 0 fully saturated rings. The number of aryl methyl sites for hydroxylation is 1. The molecule has 1 atom stereocenters. The number of benzene rings is 1. The molecule has 0 aliphatic carbocycles. The van der Waals surface area contributed by atoms with Crippen LogP contribution in [0.3, 0.4) is 0 Å². The maximum Gasteiger partial charge on any atom is 0.240 e.